The van der Waals surface area contributed by atoms with E-state index in [4.69, 9.17) is 9.47 Å². The number of benzene rings is 2. The molecule has 6 nitrogen and oxygen atoms in total. The maximum absolute atomic E-state index is 12.8. The summed E-state index contributed by atoms with van der Waals surface area (Å²) < 4.78 is 12.3. The second kappa shape index (κ2) is 10.7. The van der Waals surface area contributed by atoms with Gasteiger partial charge in [0.2, 0.25) is 0 Å². The number of ether oxygens (including phenoxy) is 2. The first-order chi connectivity index (χ1) is 14.4. The standard InChI is InChI=1S/C22H24I2N2O4/c1-29-19-9-7-13(11-15(19)23)21(27)25-17-5-3-4-6-18(17)26-22(28)14-8-10-20(30-2)16(24)12-14/h7-12,17-18H,3-6H2,1-2H3,(H,25,27)(H,26,28)/t17-,18-/m0/s1. The number of carbonyl (C=O) groups is 2. The number of hydrogen-bond donors (Lipinski definition) is 2. The van der Waals surface area contributed by atoms with E-state index in [0.29, 0.717) is 11.1 Å². The average Bonchev–Trinajstić information content (AvgIpc) is 2.74. The number of halogens is 2. The number of nitrogens with one attached hydrogen (secondary N) is 2. The second-order valence-electron chi connectivity index (χ2n) is 7.14. The normalized spacial score (nSPS) is 18.4. The molecule has 0 heterocycles. The summed E-state index contributed by atoms with van der Waals surface area (Å²) in [6, 6.07) is 10.5. The van der Waals surface area contributed by atoms with Crippen LogP contribution in [-0.2, 0) is 0 Å². The summed E-state index contributed by atoms with van der Waals surface area (Å²) in [4.78, 5) is 25.6. The van der Waals surface area contributed by atoms with E-state index >= 15 is 0 Å². The third-order valence-corrected chi connectivity index (χ3v) is 6.91. The first-order valence-electron chi connectivity index (χ1n) is 9.71. The monoisotopic (exact) mass is 634 g/mol. The highest BCUT2D eigenvalue weighted by Gasteiger charge is 2.28. The lowest BCUT2D eigenvalue weighted by molar-refractivity contribution is 0.0862. The molecule has 8 heteroatoms. The maximum Gasteiger partial charge on any atom is 0.251 e. The molecule has 0 spiro atoms. The summed E-state index contributed by atoms with van der Waals surface area (Å²) >= 11 is 4.31. The fourth-order valence-electron chi connectivity index (χ4n) is 3.60. The molecule has 1 saturated carbocycles. The minimum Gasteiger partial charge on any atom is -0.496 e. The summed E-state index contributed by atoms with van der Waals surface area (Å²) in [5.74, 6) is 1.20. The molecule has 1 aliphatic carbocycles. The zero-order valence-electron chi connectivity index (χ0n) is 16.8. The van der Waals surface area contributed by atoms with Crippen molar-refractivity contribution in [3.8, 4) is 11.5 Å². The Balaban J connectivity index is 1.68. The Hall–Kier alpha value is -1.56. The van der Waals surface area contributed by atoms with E-state index in [9.17, 15) is 9.59 Å². The van der Waals surface area contributed by atoms with Crippen LogP contribution in [0.2, 0.25) is 0 Å². The zero-order chi connectivity index (χ0) is 21.7. The summed E-state index contributed by atoms with van der Waals surface area (Å²) in [6.45, 7) is 0. The lowest BCUT2D eigenvalue weighted by atomic mass is 9.89. The molecule has 0 aliphatic heterocycles. The molecule has 160 valence electrons. The van der Waals surface area contributed by atoms with Crippen molar-refractivity contribution in [2.75, 3.05) is 14.2 Å². The van der Waals surface area contributed by atoms with Gasteiger partial charge in [0.05, 0.1) is 21.4 Å². The molecule has 30 heavy (non-hydrogen) atoms. The van der Waals surface area contributed by atoms with E-state index in [1.165, 1.54) is 0 Å². The van der Waals surface area contributed by atoms with Crippen LogP contribution in [0.3, 0.4) is 0 Å². The SMILES string of the molecule is COc1ccc(C(=O)N[C@H]2CCCC[C@@H]2NC(=O)c2ccc(OC)c(I)c2)cc1I. The summed E-state index contributed by atoms with van der Waals surface area (Å²) in [7, 11) is 3.22. The van der Waals surface area contributed by atoms with Gasteiger partial charge in [-0.3, -0.25) is 9.59 Å². The van der Waals surface area contributed by atoms with Gasteiger partial charge in [-0.25, -0.2) is 0 Å². The zero-order valence-corrected chi connectivity index (χ0v) is 21.2. The van der Waals surface area contributed by atoms with Crippen LogP contribution in [0.25, 0.3) is 0 Å². The summed E-state index contributed by atoms with van der Waals surface area (Å²) in [6.07, 6.45) is 3.73. The van der Waals surface area contributed by atoms with E-state index in [0.717, 1.165) is 44.3 Å². The van der Waals surface area contributed by atoms with Crippen LogP contribution >= 0.6 is 45.2 Å². The third kappa shape index (κ3) is 5.57. The molecule has 0 aromatic heterocycles. The molecule has 1 aliphatic rings. The number of amides is 2. The number of methoxy groups -OCH3 is 2. The molecule has 0 radical (unpaired) electrons. The van der Waals surface area contributed by atoms with Crippen molar-refractivity contribution in [3.63, 3.8) is 0 Å². The highest BCUT2D eigenvalue weighted by molar-refractivity contribution is 14.1. The second-order valence-corrected chi connectivity index (χ2v) is 9.47. The van der Waals surface area contributed by atoms with Gasteiger partial charge in [-0.05, 0) is 94.4 Å². The van der Waals surface area contributed by atoms with E-state index in [1.54, 1.807) is 38.5 Å². The Bertz CT molecular complexity index is 860. The summed E-state index contributed by atoms with van der Waals surface area (Å²) in [5.41, 5.74) is 1.17. The van der Waals surface area contributed by atoms with Gasteiger partial charge < -0.3 is 20.1 Å². The van der Waals surface area contributed by atoms with Crippen LogP contribution in [0.5, 0.6) is 11.5 Å². The van der Waals surface area contributed by atoms with Gasteiger partial charge in [0, 0.05) is 23.2 Å². The Morgan fingerprint density at radius 2 is 1.20 bits per heavy atom. The smallest absolute Gasteiger partial charge is 0.251 e. The molecule has 2 aromatic rings. The van der Waals surface area contributed by atoms with Crippen molar-refractivity contribution in [2.24, 2.45) is 0 Å². The van der Waals surface area contributed by atoms with Crippen molar-refractivity contribution in [1.82, 2.24) is 10.6 Å². The van der Waals surface area contributed by atoms with Gasteiger partial charge in [0.1, 0.15) is 11.5 Å². The molecule has 2 N–H and O–H groups in total. The first-order valence-corrected chi connectivity index (χ1v) is 11.9. The van der Waals surface area contributed by atoms with Crippen LogP contribution < -0.4 is 20.1 Å². The van der Waals surface area contributed by atoms with Crippen LogP contribution in [0.15, 0.2) is 36.4 Å². The largest absolute Gasteiger partial charge is 0.496 e. The molecular formula is C22H24I2N2O4. The van der Waals surface area contributed by atoms with E-state index < -0.39 is 0 Å². The van der Waals surface area contributed by atoms with Gasteiger partial charge in [-0.15, -0.1) is 0 Å². The van der Waals surface area contributed by atoms with E-state index in [1.807, 2.05) is 12.1 Å². The fourth-order valence-corrected chi connectivity index (χ4v) is 5.07. The topological polar surface area (TPSA) is 76.7 Å². The van der Waals surface area contributed by atoms with Crippen LogP contribution in [0.4, 0.5) is 0 Å². The molecule has 0 saturated heterocycles. The minimum atomic E-state index is -0.138. The average molecular weight is 634 g/mol. The predicted molar refractivity (Wildman–Crippen MR) is 132 cm³/mol. The van der Waals surface area contributed by atoms with Crippen molar-refractivity contribution in [2.45, 2.75) is 37.8 Å². The van der Waals surface area contributed by atoms with Gasteiger partial charge in [0.25, 0.3) is 11.8 Å². The van der Waals surface area contributed by atoms with E-state index in [-0.39, 0.29) is 23.9 Å². The van der Waals surface area contributed by atoms with Crippen molar-refractivity contribution >= 4 is 57.0 Å². The molecule has 2 atom stereocenters. The highest BCUT2D eigenvalue weighted by atomic mass is 127. The van der Waals surface area contributed by atoms with Gasteiger partial charge >= 0.3 is 0 Å². The number of rotatable bonds is 6. The Kier molecular flexibility index (Phi) is 8.20. The predicted octanol–water partition coefficient (Wildman–Crippen LogP) is 4.38. The van der Waals surface area contributed by atoms with Crippen molar-refractivity contribution < 1.29 is 19.1 Å². The Morgan fingerprint density at radius 1 is 0.800 bits per heavy atom. The molecular weight excluding hydrogens is 610 g/mol. The maximum atomic E-state index is 12.8. The molecule has 0 unspecified atom stereocenters. The third-order valence-electron chi connectivity index (χ3n) is 5.23. The van der Waals surface area contributed by atoms with Crippen molar-refractivity contribution in [1.29, 1.82) is 0 Å². The lowest BCUT2D eigenvalue weighted by Crippen LogP contribution is -2.53. The summed E-state index contributed by atoms with van der Waals surface area (Å²) in [5, 5.41) is 6.23. The molecule has 2 aromatic carbocycles. The molecule has 3 rings (SSSR count). The van der Waals surface area contributed by atoms with Gasteiger partial charge in [0.15, 0.2) is 0 Å². The lowest BCUT2D eigenvalue weighted by Gasteiger charge is -2.33. The van der Waals surface area contributed by atoms with Crippen molar-refractivity contribution in [3.05, 3.63) is 54.7 Å². The molecule has 1 fully saturated rings. The van der Waals surface area contributed by atoms with Gasteiger partial charge in [-0.2, -0.15) is 0 Å². The first kappa shape index (κ1) is 23.1. The Labute approximate surface area is 203 Å². The number of carbonyl (C=O) groups excluding carboxylic acids is 2. The minimum absolute atomic E-state index is 0.104. The fraction of sp³-hybridized carbons (Fsp3) is 0.364. The quantitative estimate of drug-likeness (QED) is 0.463. The molecule has 2 amide bonds. The van der Waals surface area contributed by atoms with Crippen LogP contribution in [0.1, 0.15) is 46.4 Å². The highest BCUT2D eigenvalue weighted by Crippen LogP contribution is 2.24. The van der Waals surface area contributed by atoms with Crippen LogP contribution in [-0.4, -0.2) is 38.1 Å². The van der Waals surface area contributed by atoms with Gasteiger partial charge in [-0.1, -0.05) is 12.8 Å². The van der Waals surface area contributed by atoms with Crippen LogP contribution in [0, 0.1) is 7.14 Å². The molecule has 0 bridgehead atoms. The number of hydrogen-bond acceptors (Lipinski definition) is 4. The van der Waals surface area contributed by atoms with E-state index in [2.05, 4.69) is 55.8 Å². The Morgan fingerprint density at radius 3 is 1.53 bits per heavy atom.